The molecule has 0 heterocycles. The molecule has 4 rings (SSSR count). The summed E-state index contributed by atoms with van der Waals surface area (Å²) in [6, 6.07) is 0. The second-order valence-electron chi connectivity index (χ2n) is 13.6. The fourth-order valence-electron chi connectivity index (χ4n) is 9.81. The van der Waals surface area contributed by atoms with Gasteiger partial charge in [-0.05, 0) is 122 Å². The molecule has 4 fully saturated rings. The number of fused-ring (bicyclic) bond motifs is 5. The number of aliphatic hydroxyl groups excluding tert-OH is 2. The maximum absolute atomic E-state index is 12.7. The minimum Gasteiger partial charge on any atom is -0.478 e. The molecular formula is C31H49BrO5. The number of allylic oxidation sites excluding steroid dienone is 2. The van der Waals surface area contributed by atoms with E-state index in [0.29, 0.717) is 37.4 Å². The predicted molar refractivity (Wildman–Crippen MR) is 150 cm³/mol. The number of hydrogen-bond acceptors (Lipinski definition) is 4. The van der Waals surface area contributed by atoms with Crippen LogP contribution in [0.15, 0.2) is 21.2 Å². The third kappa shape index (κ3) is 4.50. The van der Waals surface area contributed by atoms with Gasteiger partial charge >= 0.3 is 5.97 Å². The number of rotatable bonds is 6. The highest BCUT2D eigenvalue weighted by molar-refractivity contribution is 9.11. The first-order valence-corrected chi connectivity index (χ1v) is 15.3. The van der Waals surface area contributed by atoms with Crippen LogP contribution in [0.4, 0.5) is 0 Å². The van der Waals surface area contributed by atoms with Crippen molar-refractivity contribution in [2.45, 2.75) is 118 Å². The second kappa shape index (κ2) is 10.4. The third-order valence-electron chi connectivity index (χ3n) is 11.8. The Morgan fingerprint density at radius 1 is 1.05 bits per heavy atom. The molecule has 210 valence electrons. The molecule has 0 radical (unpaired) electrons. The van der Waals surface area contributed by atoms with Crippen molar-refractivity contribution in [1.29, 1.82) is 0 Å². The molecule has 0 spiro atoms. The fourth-order valence-corrected chi connectivity index (χ4v) is 10.0. The van der Waals surface area contributed by atoms with Crippen molar-refractivity contribution in [3.8, 4) is 0 Å². The van der Waals surface area contributed by atoms with Gasteiger partial charge in [0.05, 0.1) is 18.3 Å². The first-order valence-electron chi connectivity index (χ1n) is 14.5. The van der Waals surface area contributed by atoms with Gasteiger partial charge < -0.3 is 20.1 Å². The van der Waals surface area contributed by atoms with Crippen LogP contribution in [-0.4, -0.2) is 46.2 Å². The van der Waals surface area contributed by atoms with Crippen LogP contribution in [0.25, 0.3) is 0 Å². The van der Waals surface area contributed by atoms with E-state index in [2.05, 4.69) is 43.6 Å². The molecule has 37 heavy (non-hydrogen) atoms. The average molecular weight is 582 g/mol. The van der Waals surface area contributed by atoms with E-state index in [4.69, 9.17) is 4.74 Å². The van der Waals surface area contributed by atoms with Crippen molar-refractivity contribution in [2.75, 3.05) is 6.61 Å². The van der Waals surface area contributed by atoms with Crippen LogP contribution >= 0.6 is 15.9 Å². The molecule has 5 nitrogen and oxygen atoms in total. The van der Waals surface area contributed by atoms with Gasteiger partial charge in [-0.1, -0.05) is 49.2 Å². The maximum Gasteiger partial charge on any atom is 0.331 e. The largest absolute Gasteiger partial charge is 0.478 e. The highest BCUT2D eigenvalue weighted by atomic mass is 79.9. The minimum absolute atomic E-state index is 0.0105. The summed E-state index contributed by atoms with van der Waals surface area (Å²) in [6.07, 6.45) is 5.31. The number of carboxylic acids is 1. The molecule has 10 atom stereocenters. The minimum atomic E-state index is -0.856. The lowest BCUT2D eigenvalue weighted by molar-refractivity contribution is -0.234. The summed E-state index contributed by atoms with van der Waals surface area (Å²) in [6.45, 7) is 15.9. The summed E-state index contributed by atoms with van der Waals surface area (Å²) in [5, 5.41) is 33.0. The van der Waals surface area contributed by atoms with Crippen molar-refractivity contribution >= 4 is 21.9 Å². The summed E-state index contributed by atoms with van der Waals surface area (Å²) in [5.41, 5.74) is 2.25. The lowest BCUT2D eigenvalue weighted by Crippen LogP contribution is -2.65. The maximum atomic E-state index is 12.7. The molecule has 0 aromatic carbocycles. The summed E-state index contributed by atoms with van der Waals surface area (Å²) >= 11 is 3.64. The van der Waals surface area contributed by atoms with E-state index in [9.17, 15) is 20.1 Å². The van der Waals surface area contributed by atoms with Crippen molar-refractivity contribution in [2.24, 2.45) is 39.9 Å². The number of carbonyl (C=O) groups is 1. The topological polar surface area (TPSA) is 87.0 Å². The van der Waals surface area contributed by atoms with Crippen molar-refractivity contribution in [3.05, 3.63) is 21.2 Å². The molecule has 4 aliphatic rings. The lowest BCUT2D eigenvalue weighted by Gasteiger charge is -2.69. The molecule has 0 aliphatic heterocycles. The Morgan fingerprint density at radius 2 is 1.73 bits per heavy atom. The molecule has 6 heteroatoms. The predicted octanol–water partition coefficient (Wildman–Crippen LogP) is 6.86. The summed E-state index contributed by atoms with van der Waals surface area (Å²) in [5.74, 6) is -0.0959. The van der Waals surface area contributed by atoms with Crippen LogP contribution in [0.5, 0.6) is 0 Å². The third-order valence-corrected chi connectivity index (χ3v) is 13.0. The molecule has 4 saturated carbocycles. The molecule has 0 aromatic rings. The number of carboxylic acid groups (broad SMARTS) is 1. The molecule has 0 bridgehead atoms. The fraction of sp³-hybridized carbons (Fsp3) is 0.839. The lowest BCUT2D eigenvalue weighted by atomic mass is 9.36. The highest BCUT2D eigenvalue weighted by Crippen LogP contribution is 2.74. The van der Waals surface area contributed by atoms with Gasteiger partial charge in [0.1, 0.15) is 0 Å². The smallest absolute Gasteiger partial charge is 0.331 e. The van der Waals surface area contributed by atoms with Gasteiger partial charge in [-0.15, -0.1) is 0 Å². The van der Waals surface area contributed by atoms with Crippen LogP contribution in [0.3, 0.4) is 0 Å². The average Bonchev–Trinajstić information content (AvgIpc) is 3.09. The molecule has 0 saturated heterocycles. The molecule has 0 amide bonds. The Morgan fingerprint density at radius 3 is 2.32 bits per heavy atom. The van der Waals surface area contributed by atoms with E-state index in [1.54, 1.807) is 0 Å². The van der Waals surface area contributed by atoms with E-state index < -0.39 is 12.1 Å². The number of halogens is 1. The highest BCUT2D eigenvalue weighted by Gasteiger charge is 2.70. The van der Waals surface area contributed by atoms with E-state index in [1.165, 1.54) is 0 Å². The SMILES string of the molecule is CCO[C@H]1C[C@@]2(C)C(C[C@@H](O)[C@H]3[C@@]4(C)CC[C@@H](O)[C@@H](C)C4CC[C@@]32C)/C1=C(\CCC(Br)=C(C)C)C(=O)O. The quantitative estimate of drug-likeness (QED) is 0.298. The Balaban J connectivity index is 1.80. The zero-order chi connectivity index (χ0) is 27.5. The van der Waals surface area contributed by atoms with Crippen LogP contribution in [-0.2, 0) is 9.53 Å². The van der Waals surface area contributed by atoms with Gasteiger partial charge in [0.25, 0.3) is 0 Å². The van der Waals surface area contributed by atoms with Gasteiger partial charge in [0, 0.05) is 12.2 Å². The Bertz CT molecular complexity index is 969. The molecule has 4 aliphatic carbocycles. The second-order valence-corrected chi connectivity index (χ2v) is 14.5. The summed E-state index contributed by atoms with van der Waals surface area (Å²) < 4.78 is 7.37. The Hall–Kier alpha value is -0.690. The van der Waals surface area contributed by atoms with Crippen molar-refractivity contribution in [3.63, 3.8) is 0 Å². The summed E-state index contributed by atoms with van der Waals surface area (Å²) in [7, 11) is 0. The first kappa shape index (κ1) is 29.3. The number of ether oxygens (including phenoxy) is 1. The van der Waals surface area contributed by atoms with E-state index in [1.807, 2.05) is 20.8 Å². The zero-order valence-corrected chi connectivity index (χ0v) is 25.5. The number of aliphatic hydroxyl groups is 2. The van der Waals surface area contributed by atoms with Gasteiger partial charge in [-0.25, -0.2) is 4.79 Å². The van der Waals surface area contributed by atoms with E-state index >= 15 is 0 Å². The van der Waals surface area contributed by atoms with Crippen molar-refractivity contribution in [1.82, 2.24) is 0 Å². The first-order chi connectivity index (χ1) is 17.2. The van der Waals surface area contributed by atoms with Gasteiger partial charge in [0.15, 0.2) is 0 Å². The van der Waals surface area contributed by atoms with Crippen LogP contribution < -0.4 is 0 Å². The van der Waals surface area contributed by atoms with Crippen LogP contribution in [0.2, 0.25) is 0 Å². The standard InChI is InChI=1S/C31H49BrO5/c1-8-37-25-16-31(7)21(26(25)19(28(35)36)9-10-22(32)17(2)3)15-24(34)27-29(5)13-12-23(33)18(4)20(29)11-14-30(27,31)6/h18,20-21,23-25,27,33-34H,8-16H2,1-7H3,(H,35,36)/b26-19-/t18-,20?,21?,23+,24+,25-,27-,29-,30-,31-/m0/s1. The molecular weight excluding hydrogens is 532 g/mol. The molecule has 2 unspecified atom stereocenters. The van der Waals surface area contributed by atoms with E-state index in [-0.39, 0.29) is 46.2 Å². The van der Waals surface area contributed by atoms with E-state index in [0.717, 1.165) is 47.7 Å². The number of aliphatic carboxylic acids is 1. The van der Waals surface area contributed by atoms with Crippen molar-refractivity contribution < 1.29 is 24.9 Å². The normalized spacial score (nSPS) is 46.5. The van der Waals surface area contributed by atoms with Gasteiger partial charge in [-0.3, -0.25) is 0 Å². The molecule has 3 N–H and O–H groups in total. The van der Waals surface area contributed by atoms with Crippen LogP contribution in [0, 0.1) is 39.9 Å². The summed E-state index contributed by atoms with van der Waals surface area (Å²) in [4.78, 5) is 12.7. The molecule has 0 aromatic heterocycles. The van der Waals surface area contributed by atoms with Gasteiger partial charge in [0.2, 0.25) is 0 Å². The number of hydrogen-bond donors (Lipinski definition) is 3. The Kier molecular flexibility index (Phi) is 8.21. The monoisotopic (exact) mass is 580 g/mol. The zero-order valence-electron chi connectivity index (χ0n) is 23.9. The van der Waals surface area contributed by atoms with Gasteiger partial charge in [-0.2, -0.15) is 0 Å². The Labute approximate surface area is 232 Å². The van der Waals surface area contributed by atoms with Crippen LogP contribution in [0.1, 0.15) is 99.8 Å².